The summed E-state index contributed by atoms with van der Waals surface area (Å²) in [6, 6.07) is 1.17. The molecule has 0 radical (unpaired) electrons. The van der Waals surface area contributed by atoms with Crippen LogP contribution in [0.1, 0.15) is 70.7 Å². The number of amides is 1. The Morgan fingerprint density at radius 2 is 1.86 bits per heavy atom. The highest BCUT2D eigenvalue weighted by atomic mass is 19.4. The van der Waals surface area contributed by atoms with Crippen molar-refractivity contribution in [3.05, 3.63) is 29.1 Å². The normalized spacial score (nSPS) is 21.3. The zero-order valence-corrected chi connectivity index (χ0v) is 17.6. The number of pyridine rings is 1. The molecule has 2 unspecified atom stereocenters. The fraction of sp³-hybridized carbons (Fsp3) is 0.714. The van der Waals surface area contributed by atoms with Crippen molar-refractivity contribution in [1.29, 1.82) is 0 Å². The average molecular weight is 402 g/mol. The average Bonchev–Trinajstić information content (AvgIpc) is 3.07. The summed E-state index contributed by atoms with van der Waals surface area (Å²) in [6.45, 7) is 11.2. The lowest BCUT2D eigenvalue weighted by Crippen LogP contribution is -2.40. The van der Waals surface area contributed by atoms with Gasteiger partial charge < -0.3 is 10.6 Å². The summed E-state index contributed by atoms with van der Waals surface area (Å²) in [5.74, 6) is 0.756. The number of nitrogens with zero attached hydrogens (tertiary/aromatic N) is 2. The van der Waals surface area contributed by atoms with E-state index in [1.807, 2.05) is 13.8 Å². The van der Waals surface area contributed by atoms with Crippen LogP contribution in [-0.4, -0.2) is 28.4 Å². The van der Waals surface area contributed by atoms with Crippen LogP contribution in [0.2, 0.25) is 0 Å². The van der Waals surface area contributed by atoms with Gasteiger partial charge in [0.25, 0.3) is 0 Å². The molecule has 1 fully saturated rings. The van der Waals surface area contributed by atoms with Crippen molar-refractivity contribution in [3.8, 4) is 0 Å². The molecule has 4 nitrogen and oxygen atoms in total. The van der Waals surface area contributed by atoms with Crippen molar-refractivity contribution >= 4 is 5.91 Å². The highest BCUT2D eigenvalue weighted by Crippen LogP contribution is 2.32. The molecule has 2 heterocycles. The van der Waals surface area contributed by atoms with Crippen molar-refractivity contribution in [2.75, 3.05) is 6.54 Å². The van der Waals surface area contributed by atoms with Gasteiger partial charge in [-0.2, -0.15) is 13.2 Å². The number of aromatic nitrogens is 1. The van der Waals surface area contributed by atoms with Gasteiger partial charge in [0.1, 0.15) is 0 Å². The summed E-state index contributed by atoms with van der Waals surface area (Å²) in [5, 5.41) is 0. The predicted molar refractivity (Wildman–Crippen MR) is 106 cm³/mol. The summed E-state index contributed by atoms with van der Waals surface area (Å²) < 4.78 is 38.3. The van der Waals surface area contributed by atoms with Gasteiger partial charge >= 0.3 is 6.18 Å². The number of alkyl halides is 3. The summed E-state index contributed by atoms with van der Waals surface area (Å²) in [5.41, 5.74) is 6.22. The van der Waals surface area contributed by atoms with E-state index < -0.39 is 11.7 Å². The van der Waals surface area contributed by atoms with E-state index in [2.05, 4.69) is 25.8 Å². The molecule has 0 aromatic carbocycles. The Hall–Kier alpha value is -1.63. The number of hydrogen-bond acceptors (Lipinski definition) is 3. The van der Waals surface area contributed by atoms with Crippen molar-refractivity contribution in [1.82, 2.24) is 9.88 Å². The molecule has 0 saturated heterocycles. The molecule has 2 N–H and O–H groups in total. The van der Waals surface area contributed by atoms with Crippen LogP contribution < -0.4 is 5.73 Å². The minimum atomic E-state index is -4.41. The molecule has 2 aliphatic rings. The van der Waals surface area contributed by atoms with Gasteiger partial charge in [0.15, 0.2) is 0 Å². The Labute approximate surface area is 166 Å². The Bertz CT molecular complexity index is 629. The number of halogens is 3. The molecular weight excluding hydrogens is 367 g/mol. The van der Waals surface area contributed by atoms with Gasteiger partial charge in [0, 0.05) is 43.4 Å². The molecule has 2 atom stereocenters. The molecule has 1 aliphatic carbocycles. The molecular formula is C21H34F3N3O. The van der Waals surface area contributed by atoms with E-state index in [-0.39, 0.29) is 24.4 Å². The van der Waals surface area contributed by atoms with E-state index in [0.29, 0.717) is 30.6 Å². The van der Waals surface area contributed by atoms with Gasteiger partial charge in [-0.3, -0.25) is 9.78 Å². The summed E-state index contributed by atoms with van der Waals surface area (Å²) in [6.07, 6.45) is -0.773. The lowest BCUT2D eigenvalue weighted by atomic mass is 10.00. The summed E-state index contributed by atoms with van der Waals surface area (Å²) >= 11 is 0. The molecule has 0 spiro atoms. The first-order valence-corrected chi connectivity index (χ1v) is 10.2. The van der Waals surface area contributed by atoms with Gasteiger partial charge in [-0.1, -0.05) is 34.6 Å². The fourth-order valence-electron chi connectivity index (χ4n) is 3.27. The van der Waals surface area contributed by atoms with Gasteiger partial charge in [0.2, 0.25) is 5.91 Å². The Morgan fingerprint density at radius 1 is 1.25 bits per heavy atom. The van der Waals surface area contributed by atoms with Crippen LogP contribution >= 0.6 is 0 Å². The highest BCUT2D eigenvalue weighted by molar-refractivity contribution is 5.79. The number of carbonyl (C=O) groups is 1. The van der Waals surface area contributed by atoms with Crippen molar-refractivity contribution in [2.45, 2.75) is 79.1 Å². The topological polar surface area (TPSA) is 59.2 Å². The molecule has 160 valence electrons. The number of carbonyl (C=O) groups excluding carboxylic acids is 1. The lowest BCUT2D eigenvalue weighted by Gasteiger charge is -2.30. The molecule has 28 heavy (non-hydrogen) atoms. The van der Waals surface area contributed by atoms with Crippen molar-refractivity contribution < 1.29 is 18.0 Å². The number of rotatable bonds is 1. The first kappa shape index (κ1) is 24.4. The maximum absolute atomic E-state index is 12.8. The largest absolute Gasteiger partial charge is 0.417 e. The lowest BCUT2D eigenvalue weighted by molar-refractivity contribution is -0.137. The van der Waals surface area contributed by atoms with Crippen LogP contribution in [0.15, 0.2) is 12.3 Å². The first-order valence-electron chi connectivity index (χ1n) is 10.2. The van der Waals surface area contributed by atoms with E-state index >= 15 is 0 Å². The second-order valence-electron chi connectivity index (χ2n) is 7.84. The predicted octanol–water partition coefficient (Wildman–Crippen LogP) is 4.80. The highest BCUT2D eigenvalue weighted by Gasteiger charge is 2.35. The van der Waals surface area contributed by atoms with Gasteiger partial charge in [-0.05, 0) is 36.8 Å². The van der Waals surface area contributed by atoms with Gasteiger partial charge in [0.05, 0.1) is 5.56 Å². The minimum Gasteiger partial charge on any atom is -0.338 e. The number of fused-ring (bicyclic) bond motifs is 1. The van der Waals surface area contributed by atoms with Crippen LogP contribution in [0, 0.1) is 11.8 Å². The second-order valence-corrected chi connectivity index (χ2v) is 7.84. The zero-order chi connectivity index (χ0) is 21.5. The molecule has 3 rings (SSSR count). The molecule has 0 bridgehead atoms. The summed E-state index contributed by atoms with van der Waals surface area (Å²) in [7, 11) is 0. The minimum absolute atomic E-state index is 0.0102. The van der Waals surface area contributed by atoms with E-state index in [0.717, 1.165) is 31.0 Å². The fourth-order valence-corrected chi connectivity index (χ4v) is 3.27. The van der Waals surface area contributed by atoms with E-state index in [1.165, 1.54) is 0 Å². The standard InChI is InChI=1S/C15H18F3N3O.C4H10.C2H6/c16-15(17,18)11-5-10-8-21(4-3-13(10)20-7-11)14(22)9-1-2-12(19)6-9;1-4(2)3;1-2/h5,7,9,12H,1-4,6,8,19H2;4H,1-3H3;1-2H3. The molecule has 1 saturated carbocycles. The molecule has 7 heteroatoms. The first-order chi connectivity index (χ1) is 13.1. The molecule has 1 aromatic heterocycles. The maximum Gasteiger partial charge on any atom is 0.417 e. The summed E-state index contributed by atoms with van der Waals surface area (Å²) in [4.78, 5) is 18.0. The van der Waals surface area contributed by atoms with E-state index in [9.17, 15) is 18.0 Å². The van der Waals surface area contributed by atoms with Crippen molar-refractivity contribution in [2.24, 2.45) is 17.6 Å². The monoisotopic (exact) mass is 401 g/mol. The van der Waals surface area contributed by atoms with Gasteiger partial charge in [-0.15, -0.1) is 0 Å². The van der Waals surface area contributed by atoms with Crippen LogP contribution in [-0.2, 0) is 23.9 Å². The van der Waals surface area contributed by atoms with E-state index in [4.69, 9.17) is 5.73 Å². The van der Waals surface area contributed by atoms with Crippen molar-refractivity contribution in [3.63, 3.8) is 0 Å². The zero-order valence-electron chi connectivity index (χ0n) is 17.6. The van der Waals surface area contributed by atoms with Crippen LogP contribution in [0.25, 0.3) is 0 Å². The van der Waals surface area contributed by atoms with Crippen LogP contribution in [0.5, 0.6) is 0 Å². The van der Waals surface area contributed by atoms with Gasteiger partial charge in [-0.25, -0.2) is 0 Å². The number of hydrogen-bond donors (Lipinski definition) is 1. The quantitative estimate of drug-likeness (QED) is 0.735. The smallest absolute Gasteiger partial charge is 0.338 e. The Morgan fingerprint density at radius 3 is 2.36 bits per heavy atom. The SMILES string of the molecule is CC.CC(C)C.NC1CCC(C(=O)N2CCc3ncc(C(F)(F)F)cc3C2)C1. The third kappa shape index (κ3) is 7.08. The van der Waals surface area contributed by atoms with Crippen LogP contribution in [0.3, 0.4) is 0 Å². The third-order valence-corrected chi connectivity index (χ3v) is 4.50. The van der Waals surface area contributed by atoms with E-state index in [1.54, 1.807) is 4.90 Å². The number of nitrogens with two attached hydrogens (primary N) is 1. The molecule has 1 aliphatic heterocycles. The maximum atomic E-state index is 12.8. The molecule has 1 amide bonds. The third-order valence-electron chi connectivity index (χ3n) is 4.50. The second kappa shape index (κ2) is 10.8. The Balaban J connectivity index is 0.000000583. The molecule has 1 aromatic rings. The Kier molecular flexibility index (Phi) is 9.40. The van der Waals surface area contributed by atoms with Crippen LogP contribution in [0.4, 0.5) is 13.2 Å².